The van der Waals surface area contributed by atoms with E-state index in [4.69, 9.17) is 0 Å². The molecule has 1 aromatic carbocycles. The molecule has 0 atom stereocenters. The number of benzene rings is 1. The van der Waals surface area contributed by atoms with Crippen LogP contribution in [0.15, 0.2) is 12.1 Å². The van der Waals surface area contributed by atoms with Crippen LogP contribution in [-0.4, -0.2) is 17.9 Å². The van der Waals surface area contributed by atoms with Crippen LogP contribution in [0.5, 0.6) is 0 Å². The predicted octanol–water partition coefficient (Wildman–Crippen LogP) is 3.24. The number of carbonyl (C=O) groups excluding carboxylic acids is 2. The molecule has 1 aromatic rings. The number of alkyl halides is 3. The number of amides is 1. The number of aryl methyl sites for hydroxylation is 1. The third-order valence-electron chi connectivity index (χ3n) is 3.02. The Kier molecular flexibility index (Phi) is 3.78. The van der Waals surface area contributed by atoms with E-state index in [1.165, 1.54) is 6.07 Å². The highest BCUT2D eigenvalue weighted by atomic mass is 19.4. The molecule has 0 saturated heterocycles. The largest absolute Gasteiger partial charge is 0.389 e. The van der Waals surface area contributed by atoms with Crippen molar-refractivity contribution in [1.29, 1.82) is 0 Å². The number of hydrogen-bond donors (Lipinski definition) is 1. The maximum absolute atomic E-state index is 13.7. The maximum atomic E-state index is 13.7. The second-order valence-electron chi connectivity index (χ2n) is 4.58. The van der Waals surface area contributed by atoms with Crippen LogP contribution in [0.25, 0.3) is 0 Å². The van der Waals surface area contributed by atoms with E-state index in [-0.39, 0.29) is 23.6 Å². The third-order valence-corrected chi connectivity index (χ3v) is 3.02. The van der Waals surface area contributed by atoms with Crippen LogP contribution < -0.4 is 5.32 Å². The van der Waals surface area contributed by atoms with Crippen molar-refractivity contribution in [3.63, 3.8) is 0 Å². The second-order valence-corrected chi connectivity index (χ2v) is 4.58. The van der Waals surface area contributed by atoms with Gasteiger partial charge >= 0.3 is 6.18 Å². The van der Waals surface area contributed by atoms with Crippen LogP contribution in [0.3, 0.4) is 0 Å². The van der Waals surface area contributed by atoms with Crippen LogP contribution >= 0.6 is 0 Å². The number of halogens is 4. The number of hydrogen-bond acceptors (Lipinski definition) is 2. The molecule has 1 aliphatic heterocycles. The third kappa shape index (κ3) is 3.34. The fourth-order valence-electron chi connectivity index (χ4n) is 2.01. The number of Topliss-reactive ketones (excluding diaryl/α,β-unsaturated/α-hetero) is 1. The summed E-state index contributed by atoms with van der Waals surface area (Å²) in [5.74, 6) is -2.06. The minimum Gasteiger partial charge on any atom is -0.326 e. The number of carbonyl (C=O) groups is 2. The van der Waals surface area contributed by atoms with Gasteiger partial charge in [-0.25, -0.2) is 4.39 Å². The molecule has 0 bridgehead atoms. The number of nitrogens with one attached hydrogen (secondary N) is 1. The van der Waals surface area contributed by atoms with Gasteiger partial charge in [0.15, 0.2) is 5.78 Å². The van der Waals surface area contributed by atoms with E-state index in [0.717, 1.165) is 6.07 Å². The lowest BCUT2D eigenvalue weighted by atomic mass is 9.97. The second kappa shape index (κ2) is 5.22. The van der Waals surface area contributed by atoms with Crippen molar-refractivity contribution in [3.8, 4) is 0 Å². The van der Waals surface area contributed by atoms with Gasteiger partial charge in [-0.1, -0.05) is 0 Å². The first-order valence-electron chi connectivity index (χ1n) is 5.98. The van der Waals surface area contributed by atoms with Crippen LogP contribution in [0.2, 0.25) is 0 Å². The summed E-state index contributed by atoms with van der Waals surface area (Å²) in [5.41, 5.74) is 0.469. The van der Waals surface area contributed by atoms with Gasteiger partial charge in [0, 0.05) is 18.5 Å². The van der Waals surface area contributed by atoms with Crippen molar-refractivity contribution in [2.45, 2.75) is 31.9 Å². The molecule has 1 N–H and O–H groups in total. The molecule has 0 aliphatic carbocycles. The average molecular weight is 289 g/mol. The van der Waals surface area contributed by atoms with E-state index in [1.54, 1.807) is 0 Å². The highest BCUT2D eigenvalue weighted by molar-refractivity contribution is 5.99. The molecule has 1 aliphatic rings. The molecule has 0 saturated carbocycles. The van der Waals surface area contributed by atoms with Crippen LogP contribution in [0, 0.1) is 5.82 Å². The van der Waals surface area contributed by atoms with E-state index in [1.807, 2.05) is 0 Å². The first-order chi connectivity index (χ1) is 9.26. The molecule has 108 valence electrons. The molecule has 0 unspecified atom stereocenters. The summed E-state index contributed by atoms with van der Waals surface area (Å²) >= 11 is 0. The Balaban J connectivity index is 2.20. The summed E-state index contributed by atoms with van der Waals surface area (Å²) in [6.07, 6.45) is -5.98. The maximum Gasteiger partial charge on any atom is 0.389 e. The van der Waals surface area contributed by atoms with Gasteiger partial charge in [-0.15, -0.1) is 0 Å². The van der Waals surface area contributed by atoms with Gasteiger partial charge in [-0.3, -0.25) is 9.59 Å². The van der Waals surface area contributed by atoms with Crippen molar-refractivity contribution >= 4 is 17.4 Å². The van der Waals surface area contributed by atoms with Gasteiger partial charge < -0.3 is 5.32 Å². The first kappa shape index (κ1) is 14.5. The fourth-order valence-corrected chi connectivity index (χ4v) is 2.01. The van der Waals surface area contributed by atoms with E-state index >= 15 is 0 Å². The molecule has 3 nitrogen and oxygen atoms in total. The topological polar surface area (TPSA) is 46.2 Å². The van der Waals surface area contributed by atoms with Crippen molar-refractivity contribution in [3.05, 3.63) is 29.1 Å². The number of rotatable bonds is 3. The molecular weight excluding hydrogens is 278 g/mol. The Morgan fingerprint density at radius 2 is 1.95 bits per heavy atom. The molecule has 1 amide bonds. The van der Waals surface area contributed by atoms with Crippen molar-refractivity contribution < 1.29 is 27.2 Å². The fraction of sp³-hybridized carbons (Fsp3) is 0.385. The summed E-state index contributed by atoms with van der Waals surface area (Å²) in [5, 5.41) is 2.45. The quantitative estimate of drug-likeness (QED) is 0.686. The minimum atomic E-state index is -4.45. The molecule has 0 fully saturated rings. The number of fused-ring (bicyclic) bond motifs is 1. The number of anilines is 1. The Morgan fingerprint density at radius 1 is 1.25 bits per heavy atom. The molecule has 2 rings (SSSR count). The van der Waals surface area contributed by atoms with Crippen molar-refractivity contribution in [1.82, 2.24) is 0 Å². The summed E-state index contributed by atoms with van der Waals surface area (Å²) in [6, 6.07) is 2.20. The van der Waals surface area contributed by atoms with Gasteiger partial charge in [0.1, 0.15) is 5.82 Å². The van der Waals surface area contributed by atoms with E-state index < -0.39 is 30.6 Å². The first-order valence-corrected chi connectivity index (χ1v) is 5.98. The van der Waals surface area contributed by atoms with Gasteiger partial charge in [-0.05, 0) is 24.1 Å². The molecule has 0 radical (unpaired) electrons. The molecule has 20 heavy (non-hydrogen) atoms. The molecule has 0 aromatic heterocycles. The summed E-state index contributed by atoms with van der Waals surface area (Å²) in [6.45, 7) is 0. The Hall–Kier alpha value is -1.92. The monoisotopic (exact) mass is 289 g/mol. The lowest BCUT2D eigenvalue weighted by molar-refractivity contribution is -0.133. The van der Waals surface area contributed by atoms with Crippen LogP contribution in [0.1, 0.15) is 35.2 Å². The number of ketones is 1. The minimum absolute atomic E-state index is 0.203. The highest BCUT2D eigenvalue weighted by Gasteiger charge is 2.29. The van der Waals surface area contributed by atoms with Crippen LogP contribution in [-0.2, 0) is 11.2 Å². The van der Waals surface area contributed by atoms with Crippen molar-refractivity contribution in [2.24, 2.45) is 0 Å². The lowest BCUT2D eigenvalue weighted by Gasteiger charge is -2.18. The highest BCUT2D eigenvalue weighted by Crippen LogP contribution is 2.28. The summed E-state index contributed by atoms with van der Waals surface area (Å²) < 4.78 is 49.9. The van der Waals surface area contributed by atoms with E-state index in [2.05, 4.69) is 5.32 Å². The zero-order valence-corrected chi connectivity index (χ0v) is 10.3. The molecular formula is C13H11F4NO2. The predicted molar refractivity (Wildman–Crippen MR) is 63.0 cm³/mol. The van der Waals surface area contributed by atoms with E-state index in [0.29, 0.717) is 12.0 Å². The molecule has 1 heterocycles. The molecule has 0 spiro atoms. The average Bonchev–Trinajstić information content (AvgIpc) is 2.34. The Morgan fingerprint density at radius 3 is 2.60 bits per heavy atom. The van der Waals surface area contributed by atoms with E-state index in [9.17, 15) is 27.2 Å². The lowest BCUT2D eigenvalue weighted by Crippen LogP contribution is -2.20. The van der Waals surface area contributed by atoms with Gasteiger partial charge in [-0.2, -0.15) is 13.2 Å². The summed E-state index contributed by atoms with van der Waals surface area (Å²) in [7, 11) is 0. The van der Waals surface area contributed by atoms with Gasteiger partial charge in [0.2, 0.25) is 5.91 Å². The molecule has 7 heteroatoms. The SMILES string of the molecule is O=C1CCc2cc(C(=O)CCC(F)(F)F)c(F)cc2N1. The van der Waals surface area contributed by atoms with Gasteiger partial charge in [0.05, 0.1) is 12.0 Å². The van der Waals surface area contributed by atoms with Crippen molar-refractivity contribution in [2.75, 3.05) is 5.32 Å². The summed E-state index contributed by atoms with van der Waals surface area (Å²) in [4.78, 5) is 22.8. The van der Waals surface area contributed by atoms with Crippen LogP contribution in [0.4, 0.5) is 23.2 Å². The normalized spacial score (nSPS) is 14.7. The Bertz CT molecular complexity index is 566. The van der Waals surface area contributed by atoms with Gasteiger partial charge in [0.25, 0.3) is 0 Å². The Labute approximate surface area is 112 Å². The zero-order valence-electron chi connectivity index (χ0n) is 10.3. The smallest absolute Gasteiger partial charge is 0.326 e. The zero-order chi connectivity index (χ0) is 14.9. The standard InChI is InChI=1S/C13H11F4NO2/c14-9-6-10-7(1-2-12(20)18-10)5-8(9)11(19)3-4-13(15,16)17/h5-6H,1-4H2,(H,18,20).